The smallest absolute Gasteiger partial charge is 0.234 e. The lowest BCUT2D eigenvalue weighted by molar-refractivity contribution is -0.139. The molecule has 22 heavy (non-hydrogen) atoms. The van der Waals surface area contributed by atoms with Gasteiger partial charge in [0.1, 0.15) is 0 Å². The Labute approximate surface area is 132 Å². The number of nitrogens with zero attached hydrogens (tertiary/aromatic N) is 2. The highest BCUT2D eigenvalue weighted by Gasteiger charge is 2.55. The van der Waals surface area contributed by atoms with Gasteiger partial charge in [-0.15, -0.1) is 0 Å². The molecule has 4 nitrogen and oxygen atoms in total. The molecular weight excluding hydrogens is 276 g/mol. The van der Waals surface area contributed by atoms with Gasteiger partial charge in [0.25, 0.3) is 0 Å². The molecule has 118 valence electrons. The monoisotopic (exact) mass is 300 g/mol. The number of likely N-dealkylation sites (tertiary alicyclic amines) is 2. The van der Waals surface area contributed by atoms with Crippen LogP contribution in [0.3, 0.4) is 0 Å². The number of fused-ring (bicyclic) bond motifs is 1. The zero-order valence-electron chi connectivity index (χ0n) is 13.5. The summed E-state index contributed by atoms with van der Waals surface area (Å²) in [7, 11) is 1.62. The van der Waals surface area contributed by atoms with E-state index in [0.29, 0.717) is 12.5 Å². The Morgan fingerprint density at radius 2 is 1.82 bits per heavy atom. The van der Waals surface area contributed by atoms with E-state index in [2.05, 4.69) is 30.9 Å². The molecule has 0 unspecified atom stereocenters. The van der Waals surface area contributed by atoms with Crippen molar-refractivity contribution in [3.63, 3.8) is 0 Å². The number of imide groups is 1. The third-order valence-electron chi connectivity index (χ3n) is 4.95. The number of hydrogen-bond acceptors (Lipinski definition) is 3. The van der Waals surface area contributed by atoms with Gasteiger partial charge in [0.05, 0.1) is 11.8 Å². The minimum Gasteiger partial charge on any atom is -0.294 e. The molecule has 3 atom stereocenters. The normalized spacial score (nSPS) is 28.7. The zero-order chi connectivity index (χ0) is 15.9. The molecule has 0 spiro atoms. The summed E-state index contributed by atoms with van der Waals surface area (Å²) in [6.07, 6.45) is 0.959. The molecule has 1 aromatic rings. The van der Waals surface area contributed by atoms with Crippen LogP contribution >= 0.6 is 0 Å². The van der Waals surface area contributed by atoms with Gasteiger partial charge in [-0.2, -0.15) is 0 Å². The van der Waals surface area contributed by atoms with E-state index in [-0.39, 0.29) is 29.7 Å². The molecule has 2 amide bonds. The molecule has 0 radical (unpaired) electrons. The molecule has 2 aliphatic rings. The van der Waals surface area contributed by atoms with Gasteiger partial charge < -0.3 is 0 Å². The molecule has 2 saturated heterocycles. The van der Waals surface area contributed by atoms with Gasteiger partial charge in [-0.05, 0) is 17.9 Å². The molecule has 3 rings (SSSR count). The molecule has 1 aromatic carbocycles. The maximum absolute atomic E-state index is 12.5. The fourth-order valence-electron chi connectivity index (χ4n) is 3.92. The average molecular weight is 300 g/mol. The Kier molecular flexibility index (Phi) is 4.04. The first-order valence-electron chi connectivity index (χ1n) is 8.08. The van der Waals surface area contributed by atoms with E-state index in [9.17, 15) is 9.59 Å². The van der Waals surface area contributed by atoms with Crippen LogP contribution in [-0.4, -0.2) is 41.2 Å². The summed E-state index contributed by atoms with van der Waals surface area (Å²) >= 11 is 0. The summed E-state index contributed by atoms with van der Waals surface area (Å²) in [5.41, 5.74) is 1.24. The highest BCUT2D eigenvalue weighted by Crippen LogP contribution is 2.40. The number of carbonyl (C=O) groups is 2. The van der Waals surface area contributed by atoms with Crippen LogP contribution in [0.1, 0.15) is 25.8 Å². The van der Waals surface area contributed by atoms with Crippen molar-refractivity contribution in [3.8, 4) is 0 Å². The summed E-state index contributed by atoms with van der Waals surface area (Å²) in [4.78, 5) is 28.4. The molecular formula is C18H24N2O2. The van der Waals surface area contributed by atoms with Crippen LogP contribution in [0.25, 0.3) is 0 Å². The van der Waals surface area contributed by atoms with Crippen molar-refractivity contribution in [1.82, 2.24) is 9.80 Å². The van der Waals surface area contributed by atoms with E-state index in [1.807, 2.05) is 18.2 Å². The van der Waals surface area contributed by atoms with Crippen molar-refractivity contribution in [1.29, 1.82) is 0 Å². The molecule has 0 saturated carbocycles. The Morgan fingerprint density at radius 3 is 2.45 bits per heavy atom. The summed E-state index contributed by atoms with van der Waals surface area (Å²) in [6.45, 7) is 5.87. The summed E-state index contributed by atoms with van der Waals surface area (Å²) in [6, 6.07) is 10.5. The lowest BCUT2D eigenvalue weighted by atomic mass is 9.88. The van der Waals surface area contributed by atoms with Crippen LogP contribution in [0, 0.1) is 17.8 Å². The van der Waals surface area contributed by atoms with Gasteiger partial charge in [0, 0.05) is 26.2 Å². The van der Waals surface area contributed by atoms with Crippen molar-refractivity contribution in [2.24, 2.45) is 17.8 Å². The second-order valence-electron chi connectivity index (χ2n) is 6.98. The van der Waals surface area contributed by atoms with Gasteiger partial charge >= 0.3 is 0 Å². The number of amides is 2. The van der Waals surface area contributed by atoms with Crippen molar-refractivity contribution >= 4 is 11.8 Å². The molecule has 2 fully saturated rings. The fraction of sp³-hybridized carbons (Fsp3) is 0.556. The van der Waals surface area contributed by atoms with Crippen molar-refractivity contribution < 1.29 is 9.59 Å². The first kappa shape index (κ1) is 15.2. The predicted molar refractivity (Wildman–Crippen MR) is 84.9 cm³/mol. The molecule has 0 aliphatic carbocycles. The van der Waals surface area contributed by atoms with Crippen LogP contribution < -0.4 is 0 Å². The van der Waals surface area contributed by atoms with E-state index in [4.69, 9.17) is 0 Å². The highest BCUT2D eigenvalue weighted by molar-refractivity contribution is 6.05. The lowest BCUT2D eigenvalue weighted by Gasteiger charge is -2.29. The van der Waals surface area contributed by atoms with E-state index in [0.717, 1.165) is 13.0 Å². The minimum absolute atomic E-state index is 0.000632. The van der Waals surface area contributed by atoms with Crippen molar-refractivity contribution in [2.45, 2.75) is 32.9 Å². The molecule has 0 aromatic heterocycles. The first-order valence-corrected chi connectivity index (χ1v) is 8.08. The fourth-order valence-corrected chi connectivity index (χ4v) is 3.92. The Hall–Kier alpha value is -1.68. The highest BCUT2D eigenvalue weighted by atomic mass is 16.2. The average Bonchev–Trinajstić information content (AvgIpc) is 2.92. The van der Waals surface area contributed by atoms with Crippen LogP contribution in [0.5, 0.6) is 0 Å². The molecule has 2 aliphatic heterocycles. The molecule has 4 heteroatoms. The number of carbonyl (C=O) groups excluding carboxylic acids is 2. The number of rotatable bonds is 4. The molecule has 2 heterocycles. The van der Waals surface area contributed by atoms with Crippen LogP contribution in [0.2, 0.25) is 0 Å². The van der Waals surface area contributed by atoms with E-state index in [1.54, 1.807) is 7.05 Å². The standard InChI is InChI=1S/C18H24N2O2/c1-12(2)9-15-16-14(17(21)19(3)18(16)22)11-20(15)10-13-7-5-4-6-8-13/h4-8,12,14-16H,9-11H2,1-3H3/t14-,15+,16+/m0/s1. The Bertz CT molecular complexity index is 570. The summed E-state index contributed by atoms with van der Waals surface area (Å²) in [5, 5.41) is 0. The van der Waals surface area contributed by atoms with Crippen molar-refractivity contribution in [3.05, 3.63) is 35.9 Å². The number of hydrogen-bond donors (Lipinski definition) is 0. The van der Waals surface area contributed by atoms with Gasteiger partial charge in [0.15, 0.2) is 0 Å². The lowest BCUT2D eigenvalue weighted by Crippen LogP contribution is -2.39. The minimum atomic E-state index is -0.149. The topological polar surface area (TPSA) is 40.6 Å². The third-order valence-corrected chi connectivity index (χ3v) is 4.95. The van der Waals surface area contributed by atoms with Crippen LogP contribution in [-0.2, 0) is 16.1 Å². The molecule has 0 N–H and O–H groups in total. The SMILES string of the molecule is CC(C)C[C@@H]1[C@@H]2C(=O)N(C)C(=O)[C@H]2CN1Cc1ccccc1. The van der Waals surface area contributed by atoms with Gasteiger partial charge in [-0.25, -0.2) is 0 Å². The second kappa shape index (κ2) is 5.84. The maximum atomic E-state index is 12.5. The largest absolute Gasteiger partial charge is 0.294 e. The first-order chi connectivity index (χ1) is 10.5. The summed E-state index contributed by atoms with van der Waals surface area (Å²) in [5.74, 6) is 0.222. The maximum Gasteiger partial charge on any atom is 0.234 e. The zero-order valence-corrected chi connectivity index (χ0v) is 13.5. The Morgan fingerprint density at radius 1 is 1.14 bits per heavy atom. The third kappa shape index (κ3) is 2.56. The Balaban J connectivity index is 1.84. The van der Waals surface area contributed by atoms with Crippen LogP contribution in [0.4, 0.5) is 0 Å². The van der Waals surface area contributed by atoms with E-state index < -0.39 is 0 Å². The molecule has 0 bridgehead atoms. The van der Waals surface area contributed by atoms with Crippen molar-refractivity contribution in [2.75, 3.05) is 13.6 Å². The quantitative estimate of drug-likeness (QED) is 0.800. The van der Waals surface area contributed by atoms with Gasteiger partial charge in [0.2, 0.25) is 11.8 Å². The van der Waals surface area contributed by atoms with Crippen LogP contribution in [0.15, 0.2) is 30.3 Å². The second-order valence-corrected chi connectivity index (χ2v) is 6.98. The van der Waals surface area contributed by atoms with E-state index >= 15 is 0 Å². The van der Waals surface area contributed by atoms with Gasteiger partial charge in [-0.1, -0.05) is 44.2 Å². The van der Waals surface area contributed by atoms with Gasteiger partial charge in [-0.3, -0.25) is 19.4 Å². The number of benzene rings is 1. The van der Waals surface area contributed by atoms with E-state index in [1.165, 1.54) is 10.5 Å². The summed E-state index contributed by atoms with van der Waals surface area (Å²) < 4.78 is 0. The predicted octanol–water partition coefficient (Wildman–Crippen LogP) is 2.15.